The van der Waals surface area contributed by atoms with E-state index >= 15 is 0 Å². The first-order valence-corrected chi connectivity index (χ1v) is 9.89. The number of hydrogen-bond donors (Lipinski definition) is 1. The van der Waals surface area contributed by atoms with Crippen LogP contribution in [0.4, 0.5) is 11.6 Å². The van der Waals surface area contributed by atoms with E-state index in [9.17, 15) is 4.79 Å². The van der Waals surface area contributed by atoms with Crippen molar-refractivity contribution < 1.29 is 9.53 Å². The monoisotopic (exact) mass is 395 g/mol. The SMILES string of the molecule is CCn1c(SCC(=O)Nc2ccc(C)c(Cl)c2)nnc1N1CCOCC1. The molecule has 2 heterocycles. The average molecular weight is 396 g/mol. The van der Waals surface area contributed by atoms with Gasteiger partial charge in [-0.15, -0.1) is 10.2 Å². The highest BCUT2D eigenvalue weighted by molar-refractivity contribution is 7.99. The third kappa shape index (κ3) is 4.49. The fraction of sp³-hybridized carbons (Fsp3) is 0.471. The van der Waals surface area contributed by atoms with Crippen molar-refractivity contribution >= 4 is 40.9 Å². The van der Waals surface area contributed by atoms with Crippen molar-refractivity contribution in [2.75, 3.05) is 42.3 Å². The molecule has 0 unspecified atom stereocenters. The molecule has 1 aromatic heterocycles. The molecule has 0 bridgehead atoms. The number of rotatable bonds is 6. The van der Waals surface area contributed by atoms with Crippen LogP contribution in [0.25, 0.3) is 0 Å². The number of ether oxygens (including phenoxy) is 1. The second-order valence-electron chi connectivity index (χ2n) is 5.93. The summed E-state index contributed by atoms with van der Waals surface area (Å²) in [6, 6.07) is 5.48. The molecule has 1 N–H and O–H groups in total. The maximum absolute atomic E-state index is 12.2. The van der Waals surface area contributed by atoms with Gasteiger partial charge < -0.3 is 15.0 Å². The van der Waals surface area contributed by atoms with Crippen molar-refractivity contribution in [2.45, 2.75) is 25.5 Å². The van der Waals surface area contributed by atoms with Crippen LogP contribution in [0.3, 0.4) is 0 Å². The van der Waals surface area contributed by atoms with E-state index in [1.54, 1.807) is 6.07 Å². The van der Waals surface area contributed by atoms with Gasteiger partial charge in [0.05, 0.1) is 19.0 Å². The summed E-state index contributed by atoms with van der Waals surface area (Å²) in [5.74, 6) is 0.991. The van der Waals surface area contributed by atoms with Gasteiger partial charge in [0.2, 0.25) is 11.9 Å². The zero-order chi connectivity index (χ0) is 18.5. The van der Waals surface area contributed by atoms with Gasteiger partial charge in [0, 0.05) is 30.3 Å². The van der Waals surface area contributed by atoms with Gasteiger partial charge in [-0.2, -0.15) is 0 Å². The highest BCUT2D eigenvalue weighted by Gasteiger charge is 2.20. The van der Waals surface area contributed by atoms with Gasteiger partial charge in [0.25, 0.3) is 0 Å². The molecule has 1 amide bonds. The number of nitrogens with one attached hydrogen (secondary N) is 1. The molecule has 7 nitrogen and oxygen atoms in total. The lowest BCUT2D eigenvalue weighted by Crippen LogP contribution is -2.38. The van der Waals surface area contributed by atoms with Crippen LogP contribution < -0.4 is 10.2 Å². The molecule has 0 atom stereocenters. The molecule has 26 heavy (non-hydrogen) atoms. The minimum atomic E-state index is -0.103. The number of nitrogens with zero attached hydrogens (tertiary/aromatic N) is 4. The van der Waals surface area contributed by atoms with Crippen LogP contribution >= 0.6 is 23.4 Å². The third-order valence-electron chi connectivity index (χ3n) is 4.10. The highest BCUT2D eigenvalue weighted by atomic mass is 35.5. The predicted octanol–water partition coefficient (Wildman–Crippen LogP) is 2.83. The van der Waals surface area contributed by atoms with E-state index in [1.807, 2.05) is 30.5 Å². The molecule has 0 saturated carbocycles. The van der Waals surface area contributed by atoms with Gasteiger partial charge in [0.15, 0.2) is 5.16 Å². The molecule has 9 heteroatoms. The van der Waals surface area contributed by atoms with Crippen molar-refractivity contribution in [3.05, 3.63) is 28.8 Å². The summed E-state index contributed by atoms with van der Waals surface area (Å²) in [6.07, 6.45) is 0. The van der Waals surface area contributed by atoms with E-state index < -0.39 is 0 Å². The van der Waals surface area contributed by atoms with Gasteiger partial charge in [-0.1, -0.05) is 29.4 Å². The normalized spacial score (nSPS) is 14.5. The number of hydrogen-bond acceptors (Lipinski definition) is 6. The Bertz CT molecular complexity index is 777. The Balaban J connectivity index is 1.61. The highest BCUT2D eigenvalue weighted by Crippen LogP contribution is 2.24. The van der Waals surface area contributed by atoms with Crippen molar-refractivity contribution in [1.29, 1.82) is 0 Å². The number of halogens is 1. The fourth-order valence-electron chi connectivity index (χ4n) is 2.66. The largest absolute Gasteiger partial charge is 0.378 e. The van der Waals surface area contributed by atoms with Crippen LogP contribution in [0.5, 0.6) is 0 Å². The zero-order valence-electron chi connectivity index (χ0n) is 14.9. The lowest BCUT2D eigenvalue weighted by Gasteiger charge is -2.27. The quantitative estimate of drug-likeness (QED) is 0.758. The average Bonchev–Trinajstić information content (AvgIpc) is 3.07. The number of amides is 1. The number of morpholine rings is 1. The van der Waals surface area contributed by atoms with E-state index in [0.717, 1.165) is 36.3 Å². The molecular formula is C17H22ClN5O2S. The second kappa shape index (κ2) is 8.75. The maximum Gasteiger partial charge on any atom is 0.234 e. The molecule has 0 aliphatic carbocycles. The molecule has 0 spiro atoms. The lowest BCUT2D eigenvalue weighted by molar-refractivity contribution is -0.113. The molecule has 1 fully saturated rings. The smallest absolute Gasteiger partial charge is 0.234 e. The summed E-state index contributed by atoms with van der Waals surface area (Å²) in [4.78, 5) is 14.4. The van der Waals surface area contributed by atoms with Gasteiger partial charge in [-0.05, 0) is 31.5 Å². The second-order valence-corrected chi connectivity index (χ2v) is 7.28. The maximum atomic E-state index is 12.2. The van der Waals surface area contributed by atoms with Crippen LogP contribution in [-0.4, -0.2) is 52.7 Å². The number of thioether (sulfide) groups is 1. The van der Waals surface area contributed by atoms with E-state index in [2.05, 4.69) is 20.4 Å². The summed E-state index contributed by atoms with van der Waals surface area (Å²) in [5, 5.41) is 12.8. The summed E-state index contributed by atoms with van der Waals surface area (Å²) in [7, 11) is 0. The molecule has 1 aromatic carbocycles. The molecule has 140 valence electrons. The Morgan fingerprint density at radius 3 is 2.81 bits per heavy atom. The molecule has 0 radical (unpaired) electrons. The molecule has 1 aliphatic heterocycles. The topological polar surface area (TPSA) is 72.3 Å². The summed E-state index contributed by atoms with van der Waals surface area (Å²) in [6.45, 7) is 7.71. The zero-order valence-corrected chi connectivity index (χ0v) is 16.4. The van der Waals surface area contributed by atoms with Gasteiger partial charge >= 0.3 is 0 Å². The van der Waals surface area contributed by atoms with Crippen molar-refractivity contribution in [3.63, 3.8) is 0 Å². The molecule has 1 saturated heterocycles. The Morgan fingerprint density at radius 2 is 2.12 bits per heavy atom. The first-order chi connectivity index (χ1) is 12.6. The first kappa shape index (κ1) is 19.0. The first-order valence-electron chi connectivity index (χ1n) is 8.53. The minimum absolute atomic E-state index is 0.103. The molecular weight excluding hydrogens is 374 g/mol. The summed E-state index contributed by atoms with van der Waals surface area (Å²) >= 11 is 7.47. The summed E-state index contributed by atoms with van der Waals surface area (Å²) in [5.41, 5.74) is 1.67. The minimum Gasteiger partial charge on any atom is -0.378 e. The van der Waals surface area contributed by atoms with Crippen molar-refractivity contribution in [2.24, 2.45) is 0 Å². The van der Waals surface area contributed by atoms with E-state index in [1.165, 1.54) is 11.8 Å². The lowest BCUT2D eigenvalue weighted by atomic mass is 10.2. The number of carbonyl (C=O) groups is 1. The van der Waals surface area contributed by atoms with E-state index in [0.29, 0.717) is 23.9 Å². The van der Waals surface area contributed by atoms with E-state index in [-0.39, 0.29) is 11.7 Å². The number of aryl methyl sites for hydroxylation is 1. The van der Waals surface area contributed by atoms with Crippen LogP contribution in [-0.2, 0) is 16.1 Å². The number of aromatic nitrogens is 3. The Morgan fingerprint density at radius 1 is 1.35 bits per heavy atom. The number of benzene rings is 1. The molecule has 3 rings (SSSR count). The Labute approximate surface area is 162 Å². The third-order valence-corrected chi connectivity index (χ3v) is 5.47. The number of anilines is 2. The van der Waals surface area contributed by atoms with Gasteiger partial charge in [-0.25, -0.2) is 0 Å². The number of carbonyl (C=O) groups excluding carboxylic acids is 1. The van der Waals surface area contributed by atoms with Crippen molar-refractivity contribution in [3.8, 4) is 0 Å². The Hall–Kier alpha value is -1.77. The van der Waals surface area contributed by atoms with E-state index in [4.69, 9.17) is 16.3 Å². The molecule has 2 aromatic rings. The Kier molecular flexibility index (Phi) is 6.39. The fourth-order valence-corrected chi connectivity index (χ4v) is 3.64. The van der Waals surface area contributed by atoms with Crippen LogP contribution in [0, 0.1) is 6.92 Å². The summed E-state index contributed by atoms with van der Waals surface area (Å²) < 4.78 is 7.42. The van der Waals surface area contributed by atoms with Crippen LogP contribution in [0.1, 0.15) is 12.5 Å². The van der Waals surface area contributed by atoms with Gasteiger partial charge in [-0.3, -0.25) is 9.36 Å². The van der Waals surface area contributed by atoms with Gasteiger partial charge in [0.1, 0.15) is 0 Å². The standard InChI is InChI=1S/C17H22ClN5O2S/c1-3-23-16(22-6-8-25-9-7-22)20-21-17(23)26-11-15(24)19-13-5-4-12(2)14(18)10-13/h4-5,10H,3,6-9,11H2,1-2H3,(H,19,24). The van der Waals surface area contributed by atoms with Crippen LogP contribution in [0.15, 0.2) is 23.4 Å². The molecule has 1 aliphatic rings. The predicted molar refractivity (Wildman–Crippen MR) is 104 cm³/mol. The van der Waals surface area contributed by atoms with Crippen molar-refractivity contribution in [1.82, 2.24) is 14.8 Å². The van der Waals surface area contributed by atoms with Crippen LogP contribution in [0.2, 0.25) is 5.02 Å².